The molecule has 0 radical (unpaired) electrons. The number of carbonyl (C=O) groups is 2. The van der Waals surface area contributed by atoms with Crippen LogP contribution in [0, 0.1) is 20.8 Å². The molecule has 1 saturated carbocycles. The van der Waals surface area contributed by atoms with Crippen molar-refractivity contribution in [3.8, 4) is 0 Å². The van der Waals surface area contributed by atoms with E-state index in [1.54, 1.807) is 17.5 Å². The predicted molar refractivity (Wildman–Crippen MR) is 119 cm³/mol. The molecular weight excluding hydrogens is 412 g/mol. The van der Waals surface area contributed by atoms with Crippen LogP contribution in [0.5, 0.6) is 0 Å². The molecule has 1 aliphatic carbocycles. The largest absolute Gasteiger partial charge is 0.464 e. The summed E-state index contributed by atoms with van der Waals surface area (Å²) in [6, 6.07) is 8.57. The van der Waals surface area contributed by atoms with Crippen LogP contribution in [0.2, 0.25) is 0 Å². The molecule has 8 heteroatoms. The van der Waals surface area contributed by atoms with E-state index in [-0.39, 0.29) is 23.6 Å². The molecule has 4 rings (SSSR count). The maximum Gasteiger partial charge on any atom is 0.280 e. The molecule has 1 aliphatic rings. The summed E-state index contributed by atoms with van der Waals surface area (Å²) in [4.78, 5) is 28.7. The number of aryl methyl sites for hydroxylation is 3. The van der Waals surface area contributed by atoms with Crippen LogP contribution in [-0.4, -0.2) is 27.4 Å². The molecule has 1 N–H and O–H groups in total. The maximum absolute atomic E-state index is 13.6. The predicted octanol–water partition coefficient (Wildman–Crippen LogP) is 4.50. The van der Waals surface area contributed by atoms with E-state index >= 15 is 0 Å². The normalized spacial score (nSPS) is 15.1. The Hall–Kier alpha value is -3.00. The summed E-state index contributed by atoms with van der Waals surface area (Å²) in [5.41, 5.74) is 2.72. The lowest BCUT2D eigenvalue weighted by atomic mass is 10.0. The Balaban J connectivity index is 1.83. The summed E-state index contributed by atoms with van der Waals surface area (Å²) in [5.74, 6) is 0.463. The number of anilines is 1. The second-order valence-electron chi connectivity index (χ2n) is 8.10. The Morgan fingerprint density at radius 2 is 1.94 bits per heavy atom. The highest BCUT2D eigenvalue weighted by Crippen LogP contribution is 2.34. The number of nitrogens with zero attached hydrogens (tertiary/aromatic N) is 3. The number of benzene rings is 1. The summed E-state index contributed by atoms with van der Waals surface area (Å²) in [6.45, 7) is 5.71. The minimum atomic E-state index is -0.955. The Morgan fingerprint density at radius 3 is 2.58 bits per heavy atom. The molecule has 0 unspecified atom stereocenters. The van der Waals surface area contributed by atoms with Gasteiger partial charge in [0.2, 0.25) is 0 Å². The summed E-state index contributed by atoms with van der Waals surface area (Å²) in [6.07, 6.45) is 4.09. The fourth-order valence-corrected chi connectivity index (χ4v) is 4.48. The van der Waals surface area contributed by atoms with Crippen LogP contribution in [0.4, 0.5) is 5.69 Å². The second-order valence-corrected chi connectivity index (χ2v) is 8.71. The minimum Gasteiger partial charge on any atom is -0.464 e. The van der Waals surface area contributed by atoms with Gasteiger partial charge in [-0.3, -0.25) is 14.5 Å². The summed E-state index contributed by atoms with van der Waals surface area (Å²) < 4.78 is 9.73. The van der Waals surface area contributed by atoms with E-state index < -0.39 is 6.04 Å². The molecule has 2 aromatic heterocycles. The summed E-state index contributed by atoms with van der Waals surface area (Å²) in [7, 11) is 0. The zero-order valence-corrected chi connectivity index (χ0v) is 18.7. The second kappa shape index (κ2) is 9.01. The number of carbonyl (C=O) groups excluding carboxylic acids is 2. The molecule has 162 valence electrons. The van der Waals surface area contributed by atoms with Crippen molar-refractivity contribution in [3.63, 3.8) is 0 Å². The van der Waals surface area contributed by atoms with E-state index in [1.165, 1.54) is 4.90 Å². The number of hydrogen-bond donors (Lipinski definition) is 1. The van der Waals surface area contributed by atoms with Gasteiger partial charge >= 0.3 is 0 Å². The van der Waals surface area contributed by atoms with Crippen LogP contribution in [0.15, 0.2) is 40.1 Å². The SMILES string of the molecule is Cc1ccc(C)c(N(C(=O)c2csnn2)[C@@H](C(=O)NC2CCCC2)c2ccc(C)o2)c1. The van der Waals surface area contributed by atoms with Gasteiger partial charge in [-0.1, -0.05) is 29.5 Å². The van der Waals surface area contributed by atoms with Crippen LogP contribution >= 0.6 is 11.5 Å². The van der Waals surface area contributed by atoms with Crippen molar-refractivity contribution in [3.05, 3.63) is 64.1 Å². The van der Waals surface area contributed by atoms with Crippen molar-refractivity contribution in [2.75, 3.05) is 4.90 Å². The van der Waals surface area contributed by atoms with E-state index in [0.717, 1.165) is 48.3 Å². The fourth-order valence-electron chi connectivity index (χ4n) is 4.05. The zero-order valence-electron chi connectivity index (χ0n) is 17.9. The highest BCUT2D eigenvalue weighted by atomic mass is 32.1. The minimum absolute atomic E-state index is 0.113. The van der Waals surface area contributed by atoms with Crippen LogP contribution in [-0.2, 0) is 4.79 Å². The Labute approximate surface area is 185 Å². The summed E-state index contributed by atoms with van der Waals surface area (Å²) >= 11 is 1.10. The number of nitrogens with one attached hydrogen (secondary N) is 1. The molecule has 1 atom stereocenters. The first-order valence-electron chi connectivity index (χ1n) is 10.5. The third-order valence-electron chi connectivity index (χ3n) is 5.66. The lowest BCUT2D eigenvalue weighted by Gasteiger charge is -2.31. The maximum atomic E-state index is 13.6. The van der Waals surface area contributed by atoms with Crippen LogP contribution < -0.4 is 10.2 Å². The van der Waals surface area contributed by atoms with Crippen molar-refractivity contribution in [2.45, 2.75) is 58.5 Å². The van der Waals surface area contributed by atoms with Gasteiger partial charge in [0.15, 0.2) is 11.7 Å². The van der Waals surface area contributed by atoms with Gasteiger partial charge in [-0.2, -0.15) is 0 Å². The van der Waals surface area contributed by atoms with Crippen LogP contribution in [0.3, 0.4) is 0 Å². The van der Waals surface area contributed by atoms with Gasteiger partial charge in [-0.15, -0.1) is 5.10 Å². The van der Waals surface area contributed by atoms with Gasteiger partial charge < -0.3 is 9.73 Å². The van der Waals surface area contributed by atoms with Crippen LogP contribution in [0.25, 0.3) is 0 Å². The first-order valence-corrected chi connectivity index (χ1v) is 11.3. The highest BCUT2D eigenvalue weighted by Gasteiger charge is 2.38. The van der Waals surface area contributed by atoms with Crippen molar-refractivity contribution >= 4 is 29.0 Å². The van der Waals surface area contributed by atoms with Gasteiger partial charge in [0, 0.05) is 17.1 Å². The van der Waals surface area contributed by atoms with E-state index in [0.29, 0.717) is 17.2 Å². The lowest BCUT2D eigenvalue weighted by Crippen LogP contribution is -2.46. The highest BCUT2D eigenvalue weighted by molar-refractivity contribution is 7.03. The molecule has 0 saturated heterocycles. The Morgan fingerprint density at radius 1 is 1.16 bits per heavy atom. The molecule has 0 spiro atoms. The van der Waals surface area contributed by atoms with E-state index in [9.17, 15) is 9.59 Å². The monoisotopic (exact) mass is 438 g/mol. The van der Waals surface area contributed by atoms with Crippen LogP contribution in [0.1, 0.15) is 64.9 Å². The fraction of sp³-hybridized carbons (Fsp3) is 0.391. The van der Waals surface area contributed by atoms with Gasteiger partial charge in [0.05, 0.1) is 0 Å². The number of amides is 2. The van der Waals surface area contributed by atoms with E-state index in [2.05, 4.69) is 14.9 Å². The van der Waals surface area contributed by atoms with E-state index in [4.69, 9.17) is 4.42 Å². The lowest BCUT2D eigenvalue weighted by molar-refractivity contribution is -0.123. The molecule has 1 aromatic carbocycles. The Bertz CT molecular complexity index is 1070. The summed E-state index contributed by atoms with van der Waals surface area (Å²) in [5, 5.41) is 8.72. The van der Waals surface area contributed by atoms with Crippen molar-refractivity contribution in [1.29, 1.82) is 0 Å². The van der Waals surface area contributed by atoms with Gasteiger partial charge in [-0.25, -0.2) is 0 Å². The van der Waals surface area contributed by atoms with Crippen molar-refractivity contribution < 1.29 is 14.0 Å². The van der Waals surface area contributed by atoms with E-state index in [1.807, 2.05) is 39.0 Å². The zero-order chi connectivity index (χ0) is 22.0. The quantitative estimate of drug-likeness (QED) is 0.612. The number of aromatic nitrogens is 2. The molecule has 31 heavy (non-hydrogen) atoms. The third-order valence-corrected chi connectivity index (χ3v) is 6.17. The smallest absolute Gasteiger partial charge is 0.280 e. The topological polar surface area (TPSA) is 88.3 Å². The first-order chi connectivity index (χ1) is 14.9. The molecule has 3 aromatic rings. The molecular formula is C23H26N4O3S. The van der Waals surface area contributed by atoms with Crippen molar-refractivity contribution in [2.24, 2.45) is 0 Å². The molecule has 1 fully saturated rings. The molecule has 2 heterocycles. The average molecular weight is 439 g/mol. The first kappa shape index (κ1) is 21.2. The molecule has 0 bridgehead atoms. The van der Waals surface area contributed by atoms with Crippen molar-refractivity contribution in [1.82, 2.24) is 14.9 Å². The standard InChI is InChI=1S/C23H26N4O3S/c1-14-8-9-15(2)19(12-14)27(23(29)18-13-31-26-25-18)21(20-11-10-16(3)30-20)22(28)24-17-6-4-5-7-17/h8-13,17,21H,4-7H2,1-3H3,(H,24,28)/t21-/m1/s1. The number of rotatable bonds is 6. The van der Waals surface area contributed by atoms with Gasteiger partial charge in [0.25, 0.3) is 11.8 Å². The molecule has 2 amide bonds. The Kier molecular flexibility index (Phi) is 6.18. The molecule has 7 nitrogen and oxygen atoms in total. The molecule has 0 aliphatic heterocycles. The number of furan rings is 1. The van der Waals surface area contributed by atoms with Gasteiger partial charge in [0.1, 0.15) is 11.5 Å². The third kappa shape index (κ3) is 4.54. The van der Waals surface area contributed by atoms with Gasteiger partial charge in [-0.05, 0) is 74.5 Å². The number of hydrogen-bond acceptors (Lipinski definition) is 6. The average Bonchev–Trinajstić information content (AvgIpc) is 3.50.